The zero-order valence-corrected chi connectivity index (χ0v) is 11.2. The molecule has 1 saturated carbocycles. The first-order valence-electron chi connectivity index (χ1n) is 6.41. The van der Waals surface area contributed by atoms with Crippen molar-refractivity contribution in [3.05, 3.63) is 33.9 Å². The van der Waals surface area contributed by atoms with Gasteiger partial charge >= 0.3 is 0 Å². The van der Waals surface area contributed by atoms with Gasteiger partial charge in [-0.2, -0.15) is 0 Å². The molecule has 108 valence electrons. The number of carbonyl (C=O) groups excluding carboxylic acids is 1. The molecule has 0 radical (unpaired) electrons. The van der Waals surface area contributed by atoms with E-state index in [-0.39, 0.29) is 18.1 Å². The first-order valence-corrected chi connectivity index (χ1v) is 6.41. The maximum absolute atomic E-state index is 11.5. The maximum Gasteiger partial charge on any atom is 0.273 e. The van der Waals surface area contributed by atoms with Gasteiger partial charge in [0.2, 0.25) is 5.91 Å². The molecule has 1 aromatic carbocycles. The highest BCUT2D eigenvalue weighted by Crippen LogP contribution is 2.22. The van der Waals surface area contributed by atoms with Crippen LogP contribution in [0.15, 0.2) is 18.2 Å². The number of hydrogen-bond donors (Lipinski definition) is 2. The molecule has 0 bridgehead atoms. The largest absolute Gasteiger partial charge is 0.496 e. The standard InChI is InChI=1S/C13H17N3O4/c1-20-12-5-9(4-11(6-12)16(18)19)7-14-8-13(17)15-10-2-3-10/h4-6,10,14H,2-3,7-8H2,1H3,(H,15,17). The Hall–Kier alpha value is -2.15. The van der Waals surface area contributed by atoms with Gasteiger partial charge in [0.1, 0.15) is 5.75 Å². The summed E-state index contributed by atoms with van der Waals surface area (Å²) in [6, 6.07) is 4.87. The molecule has 0 aliphatic heterocycles. The smallest absolute Gasteiger partial charge is 0.273 e. The third kappa shape index (κ3) is 4.20. The summed E-state index contributed by atoms with van der Waals surface area (Å²) in [5.74, 6) is 0.378. The molecule has 1 fully saturated rings. The molecule has 0 atom stereocenters. The van der Waals surface area contributed by atoms with Gasteiger partial charge < -0.3 is 15.4 Å². The lowest BCUT2D eigenvalue weighted by Gasteiger charge is -2.07. The summed E-state index contributed by atoms with van der Waals surface area (Å²) >= 11 is 0. The summed E-state index contributed by atoms with van der Waals surface area (Å²) in [6.45, 7) is 0.567. The number of hydrogen-bond acceptors (Lipinski definition) is 5. The molecule has 0 spiro atoms. The van der Waals surface area contributed by atoms with Gasteiger partial charge in [0.25, 0.3) is 5.69 Å². The van der Waals surface area contributed by atoms with Crippen LogP contribution in [0.2, 0.25) is 0 Å². The summed E-state index contributed by atoms with van der Waals surface area (Å²) in [4.78, 5) is 21.8. The monoisotopic (exact) mass is 279 g/mol. The van der Waals surface area contributed by atoms with Crippen LogP contribution in [0, 0.1) is 10.1 Å². The van der Waals surface area contributed by atoms with E-state index in [1.54, 1.807) is 6.07 Å². The van der Waals surface area contributed by atoms with Crippen LogP contribution >= 0.6 is 0 Å². The van der Waals surface area contributed by atoms with Crippen molar-refractivity contribution in [1.29, 1.82) is 0 Å². The quantitative estimate of drug-likeness (QED) is 0.573. The summed E-state index contributed by atoms with van der Waals surface area (Å²) < 4.78 is 5.02. The van der Waals surface area contributed by atoms with Crippen molar-refractivity contribution in [1.82, 2.24) is 10.6 Å². The summed E-state index contributed by atoms with van der Waals surface area (Å²) in [7, 11) is 1.46. The van der Waals surface area contributed by atoms with Crippen LogP contribution in [0.25, 0.3) is 0 Å². The van der Waals surface area contributed by atoms with Gasteiger partial charge in [-0.25, -0.2) is 0 Å². The lowest BCUT2D eigenvalue weighted by atomic mass is 10.2. The average Bonchev–Trinajstić information content (AvgIpc) is 3.22. The fourth-order valence-corrected chi connectivity index (χ4v) is 1.80. The van der Waals surface area contributed by atoms with Gasteiger partial charge in [-0.1, -0.05) is 0 Å². The molecule has 1 aliphatic carbocycles. The van der Waals surface area contributed by atoms with Gasteiger partial charge in [-0.15, -0.1) is 0 Å². The zero-order chi connectivity index (χ0) is 14.5. The van der Waals surface area contributed by atoms with E-state index in [1.165, 1.54) is 19.2 Å². The molecule has 1 aromatic rings. The second-order valence-electron chi connectivity index (χ2n) is 4.74. The number of nitrogens with zero attached hydrogens (tertiary/aromatic N) is 1. The Balaban J connectivity index is 1.88. The molecule has 1 aliphatic rings. The van der Waals surface area contributed by atoms with Crippen LogP contribution < -0.4 is 15.4 Å². The van der Waals surface area contributed by atoms with Gasteiger partial charge in [-0.05, 0) is 24.5 Å². The van der Waals surface area contributed by atoms with Crippen molar-refractivity contribution in [3.8, 4) is 5.75 Å². The van der Waals surface area contributed by atoms with Crippen LogP contribution in [-0.4, -0.2) is 30.5 Å². The number of benzene rings is 1. The molecule has 7 heteroatoms. The van der Waals surface area contributed by atoms with Crippen LogP contribution in [0.4, 0.5) is 5.69 Å². The number of ether oxygens (including phenoxy) is 1. The fraction of sp³-hybridized carbons (Fsp3) is 0.462. The topological polar surface area (TPSA) is 93.5 Å². The van der Waals surface area contributed by atoms with Crippen molar-refractivity contribution in [2.75, 3.05) is 13.7 Å². The van der Waals surface area contributed by atoms with E-state index in [1.807, 2.05) is 0 Å². The van der Waals surface area contributed by atoms with Crippen molar-refractivity contribution in [3.63, 3.8) is 0 Å². The molecule has 2 N–H and O–H groups in total. The zero-order valence-electron chi connectivity index (χ0n) is 11.2. The van der Waals surface area contributed by atoms with Gasteiger partial charge in [0.15, 0.2) is 0 Å². The third-order valence-corrected chi connectivity index (χ3v) is 2.95. The number of amides is 1. The number of nitro groups is 1. The van der Waals surface area contributed by atoms with Crippen molar-refractivity contribution < 1.29 is 14.5 Å². The summed E-state index contributed by atoms with van der Waals surface area (Å²) in [5, 5.41) is 16.6. The highest BCUT2D eigenvalue weighted by atomic mass is 16.6. The molecule has 0 aromatic heterocycles. The Kier molecular flexibility index (Phi) is 4.52. The Morgan fingerprint density at radius 1 is 1.45 bits per heavy atom. The maximum atomic E-state index is 11.5. The predicted molar refractivity (Wildman–Crippen MR) is 72.5 cm³/mol. The predicted octanol–water partition coefficient (Wildman–Crippen LogP) is 0.972. The lowest BCUT2D eigenvalue weighted by Crippen LogP contribution is -2.34. The second kappa shape index (κ2) is 6.33. The molecule has 0 saturated heterocycles. The van der Waals surface area contributed by atoms with Crippen LogP contribution in [0.5, 0.6) is 5.75 Å². The number of nitro benzene ring substituents is 1. The highest BCUT2D eigenvalue weighted by molar-refractivity contribution is 5.78. The minimum atomic E-state index is -0.466. The van der Waals surface area contributed by atoms with E-state index in [2.05, 4.69) is 10.6 Å². The molecule has 1 amide bonds. The number of non-ortho nitro benzene ring substituents is 1. The van der Waals surface area contributed by atoms with Crippen LogP contribution in [0.1, 0.15) is 18.4 Å². The van der Waals surface area contributed by atoms with Crippen LogP contribution in [0.3, 0.4) is 0 Å². The normalized spacial score (nSPS) is 13.8. The first-order chi connectivity index (χ1) is 9.58. The number of rotatable bonds is 7. The van der Waals surface area contributed by atoms with E-state index in [0.29, 0.717) is 23.9 Å². The fourth-order valence-electron chi connectivity index (χ4n) is 1.80. The molecule has 2 rings (SSSR count). The molecule has 0 unspecified atom stereocenters. The van der Waals surface area contributed by atoms with Crippen molar-refractivity contribution in [2.45, 2.75) is 25.4 Å². The minimum absolute atomic E-state index is 0.0245. The van der Waals surface area contributed by atoms with E-state index >= 15 is 0 Å². The van der Waals surface area contributed by atoms with E-state index in [4.69, 9.17) is 4.74 Å². The molecule has 0 heterocycles. The Bertz CT molecular complexity index is 514. The third-order valence-electron chi connectivity index (χ3n) is 2.95. The highest BCUT2D eigenvalue weighted by Gasteiger charge is 2.22. The molecular formula is C13H17N3O4. The number of nitrogens with one attached hydrogen (secondary N) is 2. The number of methoxy groups -OCH3 is 1. The van der Waals surface area contributed by atoms with E-state index in [9.17, 15) is 14.9 Å². The lowest BCUT2D eigenvalue weighted by molar-refractivity contribution is -0.385. The summed E-state index contributed by atoms with van der Waals surface area (Å²) in [6.07, 6.45) is 2.10. The van der Waals surface area contributed by atoms with Gasteiger partial charge in [0.05, 0.1) is 24.6 Å². The molecular weight excluding hydrogens is 262 g/mol. The van der Waals surface area contributed by atoms with Crippen molar-refractivity contribution in [2.24, 2.45) is 0 Å². The minimum Gasteiger partial charge on any atom is -0.496 e. The molecule has 7 nitrogen and oxygen atoms in total. The Labute approximate surface area is 116 Å². The van der Waals surface area contributed by atoms with Crippen LogP contribution in [-0.2, 0) is 11.3 Å². The molecule has 20 heavy (non-hydrogen) atoms. The van der Waals surface area contributed by atoms with E-state index in [0.717, 1.165) is 12.8 Å². The Morgan fingerprint density at radius 3 is 2.80 bits per heavy atom. The second-order valence-corrected chi connectivity index (χ2v) is 4.74. The Morgan fingerprint density at radius 2 is 2.20 bits per heavy atom. The van der Waals surface area contributed by atoms with E-state index < -0.39 is 4.92 Å². The van der Waals surface area contributed by atoms with Gasteiger partial charge in [0, 0.05) is 18.7 Å². The average molecular weight is 279 g/mol. The first kappa shape index (κ1) is 14.3. The van der Waals surface area contributed by atoms with Gasteiger partial charge in [-0.3, -0.25) is 14.9 Å². The SMILES string of the molecule is COc1cc(CNCC(=O)NC2CC2)cc([N+](=O)[O-])c1. The van der Waals surface area contributed by atoms with Crippen molar-refractivity contribution >= 4 is 11.6 Å². The summed E-state index contributed by atoms with van der Waals surface area (Å²) in [5.41, 5.74) is 0.679. The number of carbonyl (C=O) groups is 1.